The van der Waals surface area contributed by atoms with Crippen molar-refractivity contribution < 1.29 is 14.3 Å². The van der Waals surface area contributed by atoms with Crippen LogP contribution in [0.5, 0.6) is 0 Å². The highest BCUT2D eigenvalue weighted by atomic mass is 35.5. The molecule has 0 radical (unpaired) electrons. The molecule has 6 nitrogen and oxygen atoms in total. The third-order valence-electron chi connectivity index (χ3n) is 2.67. The fourth-order valence-electron chi connectivity index (χ4n) is 1.68. The summed E-state index contributed by atoms with van der Waals surface area (Å²) in [6.07, 6.45) is 3.28. The number of nitrogens with one attached hydrogen (secondary N) is 2. The van der Waals surface area contributed by atoms with Crippen LogP contribution in [-0.2, 0) is 16.0 Å². The predicted octanol–water partition coefficient (Wildman–Crippen LogP) is 2.29. The summed E-state index contributed by atoms with van der Waals surface area (Å²) in [6, 6.07) is 0.603. The molecular weight excluding hydrogens is 337 g/mol. The first kappa shape index (κ1) is 15.8. The number of halogens is 2. The Morgan fingerprint density at radius 1 is 1.52 bits per heavy atom. The Hall–Kier alpha value is -1.57. The Bertz CT molecular complexity index is 642. The summed E-state index contributed by atoms with van der Waals surface area (Å²) >= 11 is 12.8. The molecule has 1 atom stereocenters. The van der Waals surface area contributed by atoms with E-state index in [2.05, 4.69) is 20.0 Å². The molecule has 0 aromatic carbocycles. The fourth-order valence-corrected chi connectivity index (χ4v) is 3.14. The van der Waals surface area contributed by atoms with Crippen LogP contribution in [0, 0.1) is 0 Å². The third-order valence-corrected chi connectivity index (χ3v) is 4.16. The van der Waals surface area contributed by atoms with Crippen molar-refractivity contribution in [3.8, 4) is 0 Å². The van der Waals surface area contributed by atoms with E-state index in [9.17, 15) is 9.59 Å². The number of imidazole rings is 1. The standard InChI is InChI=1S/C12H11Cl2N3O3S/c1-20-12(19)8(2-6-4-15-5-16-6)17-11(18)7-3-9(13)21-10(7)14/h3-5,8H,2H2,1H3,(H,15,16)(H,17,18)/t8-/m0/s1. The molecule has 0 fully saturated rings. The molecule has 9 heteroatoms. The van der Waals surface area contributed by atoms with E-state index >= 15 is 0 Å². The summed E-state index contributed by atoms with van der Waals surface area (Å²) in [5.74, 6) is -1.05. The summed E-state index contributed by atoms with van der Waals surface area (Å²) in [6.45, 7) is 0. The number of hydrogen-bond acceptors (Lipinski definition) is 5. The molecule has 2 rings (SSSR count). The SMILES string of the molecule is COC(=O)[C@H](Cc1cnc[nH]1)NC(=O)c1cc(Cl)sc1Cl. The normalized spacial score (nSPS) is 12.0. The van der Waals surface area contributed by atoms with Crippen molar-refractivity contribution in [3.63, 3.8) is 0 Å². The van der Waals surface area contributed by atoms with Gasteiger partial charge in [-0.1, -0.05) is 23.2 Å². The second-order valence-electron chi connectivity index (χ2n) is 4.07. The van der Waals surface area contributed by atoms with Gasteiger partial charge in [-0.2, -0.15) is 0 Å². The number of hydrogen-bond donors (Lipinski definition) is 2. The minimum absolute atomic E-state index is 0.227. The van der Waals surface area contributed by atoms with E-state index < -0.39 is 17.9 Å². The number of ether oxygens (including phenoxy) is 1. The highest BCUT2D eigenvalue weighted by Crippen LogP contribution is 2.31. The number of aromatic nitrogens is 2. The maximum Gasteiger partial charge on any atom is 0.328 e. The first-order valence-corrected chi connectivity index (χ1v) is 7.39. The lowest BCUT2D eigenvalue weighted by molar-refractivity contribution is -0.142. The third kappa shape index (κ3) is 3.96. The maximum atomic E-state index is 12.2. The van der Waals surface area contributed by atoms with Crippen LogP contribution < -0.4 is 5.32 Å². The number of amides is 1. The summed E-state index contributed by atoms with van der Waals surface area (Å²) in [4.78, 5) is 30.6. The number of carbonyl (C=O) groups is 2. The number of methoxy groups -OCH3 is 1. The van der Waals surface area contributed by atoms with Crippen molar-refractivity contribution >= 4 is 46.4 Å². The monoisotopic (exact) mass is 347 g/mol. The van der Waals surface area contributed by atoms with Gasteiger partial charge in [0.15, 0.2) is 0 Å². The topological polar surface area (TPSA) is 84.1 Å². The van der Waals surface area contributed by atoms with Gasteiger partial charge < -0.3 is 15.0 Å². The van der Waals surface area contributed by atoms with E-state index in [0.717, 1.165) is 11.3 Å². The van der Waals surface area contributed by atoms with Crippen molar-refractivity contribution in [2.45, 2.75) is 12.5 Å². The van der Waals surface area contributed by atoms with Crippen LogP contribution in [0.2, 0.25) is 8.67 Å². The first-order chi connectivity index (χ1) is 10.0. The van der Waals surface area contributed by atoms with Crippen LogP contribution >= 0.6 is 34.5 Å². The van der Waals surface area contributed by atoms with Gasteiger partial charge in [-0.3, -0.25) is 4.79 Å². The molecule has 2 aromatic rings. The zero-order valence-electron chi connectivity index (χ0n) is 10.9. The number of thiophene rings is 1. The lowest BCUT2D eigenvalue weighted by atomic mass is 10.1. The highest BCUT2D eigenvalue weighted by molar-refractivity contribution is 7.20. The number of H-pyrrole nitrogens is 1. The molecule has 0 saturated carbocycles. The van der Waals surface area contributed by atoms with E-state index in [1.165, 1.54) is 19.5 Å². The molecule has 0 aliphatic rings. The number of carbonyl (C=O) groups excluding carboxylic acids is 2. The molecule has 21 heavy (non-hydrogen) atoms. The summed E-state index contributed by atoms with van der Waals surface area (Å²) < 4.78 is 5.35. The van der Waals surface area contributed by atoms with E-state index in [0.29, 0.717) is 10.0 Å². The Morgan fingerprint density at radius 3 is 2.81 bits per heavy atom. The quantitative estimate of drug-likeness (QED) is 0.812. The van der Waals surface area contributed by atoms with Crippen molar-refractivity contribution in [2.24, 2.45) is 0 Å². The molecule has 2 heterocycles. The Balaban J connectivity index is 2.13. The minimum Gasteiger partial charge on any atom is -0.467 e. The summed E-state index contributed by atoms with van der Waals surface area (Å²) in [5, 5.41) is 2.58. The fraction of sp³-hybridized carbons (Fsp3) is 0.250. The number of rotatable bonds is 5. The van der Waals surface area contributed by atoms with Gasteiger partial charge in [-0.15, -0.1) is 11.3 Å². The van der Waals surface area contributed by atoms with E-state index in [-0.39, 0.29) is 16.3 Å². The molecule has 1 amide bonds. The second-order valence-corrected chi connectivity index (χ2v) is 6.35. The van der Waals surface area contributed by atoms with Crippen molar-refractivity contribution in [1.82, 2.24) is 15.3 Å². The van der Waals surface area contributed by atoms with Gasteiger partial charge in [-0.25, -0.2) is 9.78 Å². The van der Waals surface area contributed by atoms with Crippen LogP contribution in [0.25, 0.3) is 0 Å². The highest BCUT2D eigenvalue weighted by Gasteiger charge is 2.25. The van der Waals surface area contributed by atoms with Crippen LogP contribution in [0.3, 0.4) is 0 Å². The van der Waals surface area contributed by atoms with Crippen LogP contribution in [0.1, 0.15) is 16.1 Å². The van der Waals surface area contributed by atoms with Crippen molar-refractivity contribution in [2.75, 3.05) is 7.11 Å². The van der Waals surface area contributed by atoms with Gasteiger partial charge in [-0.05, 0) is 6.07 Å². The van der Waals surface area contributed by atoms with Crippen LogP contribution in [0.4, 0.5) is 0 Å². The van der Waals surface area contributed by atoms with Gasteiger partial charge in [0, 0.05) is 18.3 Å². The zero-order chi connectivity index (χ0) is 15.4. The number of esters is 1. The smallest absolute Gasteiger partial charge is 0.328 e. The van der Waals surface area contributed by atoms with Gasteiger partial charge in [0.25, 0.3) is 5.91 Å². The van der Waals surface area contributed by atoms with Gasteiger partial charge >= 0.3 is 5.97 Å². The number of aromatic amines is 1. The Labute approximate surface area is 134 Å². The lowest BCUT2D eigenvalue weighted by Gasteiger charge is -2.15. The van der Waals surface area contributed by atoms with Crippen LogP contribution in [0.15, 0.2) is 18.6 Å². The van der Waals surface area contributed by atoms with E-state index in [1.807, 2.05) is 0 Å². The first-order valence-electron chi connectivity index (χ1n) is 5.82. The predicted molar refractivity (Wildman–Crippen MR) is 79.9 cm³/mol. The minimum atomic E-state index is -0.849. The van der Waals surface area contributed by atoms with Crippen molar-refractivity contribution in [3.05, 3.63) is 38.5 Å². The largest absolute Gasteiger partial charge is 0.467 e. The molecule has 0 aliphatic heterocycles. The summed E-state index contributed by atoms with van der Waals surface area (Å²) in [5.41, 5.74) is 0.922. The molecule has 0 bridgehead atoms. The molecule has 0 aliphatic carbocycles. The summed E-state index contributed by atoms with van der Waals surface area (Å²) in [7, 11) is 1.25. The van der Waals surface area contributed by atoms with E-state index in [4.69, 9.17) is 23.2 Å². The Morgan fingerprint density at radius 2 is 2.29 bits per heavy atom. The molecule has 2 N–H and O–H groups in total. The maximum absolute atomic E-state index is 12.2. The van der Waals surface area contributed by atoms with Crippen molar-refractivity contribution in [1.29, 1.82) is 0 Å². The zero-order valence-corrected chi connectivity index (χ0v) is 13.2. The van der Waals surface area contributed by atoms with Gasteiger partial charge in [0.1, 0.15) is 10.4 Å². The second kappa shape index (κ2) is 6.93. The van der Waals surface area contributed by atoms with E-state index in [1.54, 1.807) is 6.20 Å². The Kier molecular flexibility index (Phi) is 5.22. The average Bonchev–Trinajstić information content (AvgIpc) is 3.06. The van der Waals surface area contributed by atoms with Gasteiger partial charge in [0.2, 0.25) is 0 Å². The molecule has 0 saturated heterocycles. The molecule has 0 spiro atoms. The lowest BCUT2D eigenvalue weighted by Crippen LogP contribution is -2.43. The molecule has 2 aromatic heterocycles. The van der Waals surface area contributed by atoms with Crippen LogP contribution in [-0.4, -0.2) is 35.0 Å². The molecule has 112 valence electrons. The van der Waals surface area contributed by atoms with Gasteiger partial charge in [0.05, 0.1) is 23.3 Å². The molecular formula is C12H11Cl2N3O3S. The average molecular weight is 348 g/mol. The number of nitrogens with zero attached hydrogens (tertiary/aromatic N) is 1. The molecule has 0 unspecified atom stereocenters.